The van der Waals surface area contributed by atoms with Crippen LogP contribution in [0, 0.1) is 0 Å². The Morgan fingerprint density at radius 1 is 0.952 bits per heavy atom. The van der Waals surface area contributed by atoms with Crippen LogP contribution in [-0.2, 0) is 6.18 Å². The molecule has 0 fully saturated rings. The standard InChI is InChI=1S/C14H11Cl2F3N2/c15-11-5-4-9(7-12(11)16)13(21-20)8-2-1-3-10(6-8)14(17,18)19/h1-7,13,21H,20H2. The third kappa shape index (κ3) is 3.68. The summed E-state index contributed by atoms with van der Waals surface area (Å²) in [5.41, 5.74) is 2.75. The summed E-state index contributed by atoms with van der Waals surface area (Å²) in [6.45, 7) is 0. The second-order valence-electron chi connectivity index (χ2n) is 4.40. The second-order valence-corrected chi connectivity index (χ2v) is 5.21. The molecular weight excluding hydrogens is 324 g/mol. The van der Waals surface area contributed by atoms with E-state index >= 15 is 0 Å². The number of benzene rings is 2. The molecule has 21 heavy (non-hydrogen) atoms. The summed E-state index contributed by atoms with van der Waals surface area (Å²) < 4.78 is 38.3. The summed E-state index contributed by atoms with van der Waals surface area (Å²) in [5.74, 6) is 5.48. The van der Waals surface area contributed by atoms with Crippen LogP contribution in [0.4, 0.5) is 13.2 Å². The number of nitrogens with one attached hydrogen (secondary N) is 1. The van der Waals surface area contributed by atoms with E-state index in [-0.39, 0.29) is 0 Å². The van der Waals surface area contributed by atoms with Crippen LogP contribution < -0.4 is 11.3 Å². The molecule has 0 saturated carbocycles. The molecule has 0 spiro atoms. The zero-order valence-corrected chi connectivity index (χ0v) is 12.1. The number of alkyl halides is 3. The van der Waals surface area contributed by atoms with E-state index in [4.69, 9.17) is 29.0 Å². The van der Waals surface area contributed by atoms with E-state index in [0.717, 1.165) is 12.1 Å². The lowest BCUT2D eigenvalue weighted by Crippen LogP contribution is -2.29. The van der Waals surface area contributed by atoms with E-state index in [1.54, 1.807) is 24.3 Å². The molecule has 2 nitrogen and oxygen atoms in total. The Balaban J connectivity index is 2.44. The van der Waals surface area contributed by atoms with Crippen LogP contribution in [0.2, 0.25) is 10.0 Å². The van der Waals surface area contributed by atoms with Crippen LogP contribution in [-0.4, -0.2) is 0 Å². The van der Waals surface area contributed by atoms with Gasteiger partial charge >= 0.3 is 6.18 Å². The van der Waals surface area contributed by atoms with Crippen molar-refractivity contribution in [2.45, 2.75) is 12.2 Å². The third-order valence-corrected chi connectivity index (χ3v) is 3.73. The van der Waals surface area contributed by atoms with Gasteiger partial charge in [0, 0.05) is 0 Å². The van der Waals surface area contributed by atoms with Crippen LogP contribution in [0.3, 0.4) is 0 Å². The van der Waals surface area contributed by atoms with Gasteiger partial charge in [-0.2, -0.15) is 13.2 Å². The molecule has 0 aliphatic carbocycles. The molecule has 112 valence electrons. The number of hydrogen-bond donors (Lipinski definition) is 2. The van der Waals surface area contributed by atoms with Crippen molar-refractivity contribution in [2.24, 2.45) is 5.84 Å². The quantitative estimate of drug-likeness (QED) is 0.637. The number of halogens is 5. The summed E-state index contributed by atoms with van der Waals surface area (Å²) in [7, 11) is 0. The lowest BCUT2D eigenvalue weighted by Gasteiger charge is -2.19. The van der Waals surface area contributed by atoms with Crippen LogP contribution in [0.5, 0.6) is 0 Å². The smallest absolute Gasteiger partial charge is 0.271 e. The molecule has 2 aromatic rings. The number of hydrogen-bond acceptors (Lipinski definition) is 2. The van der Waals surface area contributed by atoms with Gasteiger partial charge in [0.15, 0.2) is 0 Å². The summed E-state index contributed by atoms with van der Waals surface area (Å²) in [4.78, 5) is 0. The fourth-order valence-corrected chi connectivity index (χ4v) is 2.28. The summed E-state index contributed by atoms with van der Waals surface area (Å²) in [5, 5.41) is 0.668. The lowest BCUT2D eigenvalue weighted by atomic mass is 9.97. The minimum Gasteiger partial charge on any atom is -0.271 e. The van der Waals surface area contributed by atoms with Crippen molar-refractivity contribution in [3.05, 3.63) is 69.2 Å². The Morgan fingerprint density at radius 3 is 2.19 bits per heavy atom. The summed E-state index contributed by atoms with van der Waals surface area (Å²) in [6, 6.07) is 9.11. The molecule has 0 aliphatic heterocycles. The van der Waals surface area contributed by atoms with Gasteiger partial charge in [-0.3, -0.25) is 5.84 Å². The molecule has 0 amide bonds. The highest BCUT2D eigenvalue weighted by atomic mass is 35.5. The highest BCUT2D eigenvalue weighted by Gasteiger charge is 2.31. The van der Waals surface area contributed by atoms with Gasteiger partial charge < -0.3 is 0 Å². The first-order valence-electron chi connectivity index (χ1n) is 5.91. The Bertz CT molecular complexity index is 644. The van der Waals surface area contributed by atoms with Crippen molar-refractivity contribution < 1.29 is 13.2 Å². The van der Waals surface area contributed by atoms with Crippen LogP contribution in [0.15, 0.2) is 42.5 Å². The predicted molar refractivity (Wildman–Crippen MR) is 77.1 cm³/mol. The molecule has 0 radical (unpaired) electrons. The van der Waals surface area contributed by atoms with E-state index < -0.39 is 17.8 Å². The summed E-state index contributed by atoms with van der Waals surface area (Å²) in [6.07, 6.45) is -4.41. The van der Waals surface area contributed by atoms with Gasteiger partial charge in [-0.15, -0.1) is 0 Å². The van der Waals surface area contributed by atoms with Gasteiger partial charge in [0.25, 0.3) is 0 Å². The van der Waals surface area contributed by atoms with E-state index in [1.807, 2.05) is 0 Å². The highest BCUT2D eigenvalue weighted by molar-refractivity contribution is 6.42. The fraction of sp³-hybridized carbons (Fsp3) is 0.143. The van der Waals surface area contributed by atoms with Crippen molar-refractivity contribution in [2.75, 3.05) is 0 Å². The minimum absolute atomic E-state index is 0.307. The predicted octanol–water partition coefficient (Wildman–Crippen LogP) is 4.56. The minimum atomic E-state index is -4.41. The van der Waals surface area contributed by atoms with Crippen LogP contribution >= 0.6 is 23.2 Å². The first-order chi connectivity index (χ1) is 9.82. The largest absolute Gasteiger partial charge is 0.416 e. The van der Waals surface area contributed by atoms with Crippen LogP contribution in [0.25, 0.3) is 0 Å². The molecule has 1 unspecified atom stereocenters. The molecule has 0 aromatic heterocycles. The topological polar surface area (TPSA) is 38.0 Å². The van der Waals surface area contributed by atoms with E-state index in [0.29, 0.717) is 21.2 Å². The van der Waals surface area contributed by atoms with Gasteiger partial charge in [0.2, 0.25) is 0 Å². The van der Waals surface area contributed by atoms with Crippen molar-refractivity contribution in [1.82, 2.24) is 5.43 Å². The van der Waals surface area contributed by atoms with E-state index in [1.165, 1.54) is 6.07 Å². The Kier molecular flexibility index (Phi) is 4.78. The van der Waals surface area contributed by atoms with Crippen molar-refractivity contribution in [1.29, 1.82) is 0 Å². The molecule has 0 bridgehead atoms. The molecule has 2 rings (SSSR count). The molecule has 1 atom stereocenters. The van der Waals surface area contributed by atoms with Gasteiger partial charge in [0.05, 0.1) is 21.7 Å². The molecule has 0 saturated heterocycles. The third-order valence-electron chi connectivity index (χ3n) is 2.99. The van der Waals surface area contributed by atoms with Gasteiger partial charge in [0.1, 0.15) is 0 Å². The van der Waals surface area contributed by atoms with Gasteiger partial charge in [-0.1, -0.05) is 41.4 Å². The average molecular weight is 335 g/mol. The Labute approximate surface area is 129 Å². The normalized spacial score (nSPS) is 13.2. The second kappa shape index (κ2) is 6.23. The maximum atomic E-state index is 12.8. The van der Waals surface area contributed by atoms with Gasteiger partial charge in [-0.25, -0.2) is 5.43 Å². The number of nitrogens with two attached hydrogens (primary N) is 1. The van der Waals surface area contributed by atoms with Crippen molar-refractivity contribution >= 4 is 23.2 Å². The molecule has 0 heterocycles. The Hall–Kier alpha value is -1.27. The fourth-order valence-electron chi connectivity index (χ4n) is 1.97. The summed E-state index contributed by atoms with van der Waals surface area (Å²) >= 11 is 11.8. The zero-order valence-electron chi connectivity index (χ0n) is 10.6. The molecule has 0 aliphatic rings. The molecule has 7 heteroatoms. The SMILES string of the molecule is NNC(c1cccc(C(F)(F)F)c1)c1ccc(Cl)c(Cl)c1. The Morgan fingerprint density at radius 2 is 1.62 bits per heavy atom. The first kappa shape index (κ1) is 16.1. The van der Waals surface area contributed by atoms with Crippen molar-refractivity contribution in [3.8, 4) is 0 Å². The molecular formula is C14H11Cl2F3N2. The lowest BCUT2D eigenvalue weighted by molar-refractivity contribution is -0.137. The number of rotatable bonds is 3. The monoisotopic (exact) mass is 334 g/mol. The van der Waals surface area contributed by atoms with Crippen LogP contribution in [0.1, 0.15) is 22.7 Å². The maximum Gasteiger partial charge on any atom is 0.416 e. The zero-order chi connectivity index (χ0) is 15.6. The highest BCUT2D eigenvalue weighted by Crippen LogP contribution is 2.33. The molecule has 2 aromatic carbocycles. The first-order valence-corrected chi connectivity index (χ1v) is 6.66. The maximum absolute atomic E-state index is 12.8. The number of hydrazine groups is 1. The van der Waals surface area contributed by atoms with E-state index in [2.05, 4.69) is 5.43 Å². The van der Waals surface area contributed by atoms with Gasteiger partial charge in [-0.05, 0) is 35.4 Å². The van der Waals surface area contributed by atoms with Crippen molar-refractivity contribution in [3.63, 3.8) is 0 Å². The molecule has 3 N–H and O–H groups in total. The average Bonchev–Trinajstić information content (AvgIpc) is 2.43. The van der Waals surface area contributed by atoms with E-state index in [9.17, 15) is 13.2 Å².